The van der Waals surface area contributed by atoms with Crippen molar-refractivity contribution in [2.75, 3.05) is 6.61 Å². The number of esters is 1. The number of hydrogen-bond donors (Lipinski definition) is 0. The van der Waals surface area contributed by atoms with Crippen molar-refractivity contribution in [2.45, 2.75) is 45.4 Å². The van der Waals surface area contributed by atoms with Crippen LogP contribution in [0.15, 0.2) is 12.7 Å². The monoisotopic (exact) mass is 210 g/mol. The highest BCUT2D eigenvalue weighted by atomic mass is 16.5. The normalized spacial score (nSPS) is 25.9. The summed E-state index contributed by atoms with van der Waals surface area (Å²) < 4.78 is 4.96. The molecule has 2 nitrogen and oxygen atoms in total. The number of allylic oxidation sites excluding steroid dienone is 1. The Bertz CT molecular complexity index is 203. The molecule has 1 aliphatic rings. The number of hydrogen-bond acceptors (Lipinski definition) is 2. The summed E-state index contributed by atoms with van der Waals surface area (Å²) in [4.78, 5) is 11.3. The van der Waals surface area contributed by atoms with Gasteiger partial charge in [0.15, 0.2) is 0 Å². The van der Waals surface area contributed by atoms with Crippen LogP contribution in [-0.2, 0) is 9.53 Å². The molecular weight excluding hydrogens is 188 g/mol. The zero-order valence-electron chi connectivity index (χ0n) is 9.71. The molecule has 0 N–H and O–H groups in total. The van der Waals surface area contributed by atoms with E-state index in [2.05, 4.69) is 6.58 Å². The largest absolute Gasteiger partial charge is 0.466 e. The number of carbonyl (C=O) groups excluding carboxylic acids is 1. The predicted molar refractivity (Wildman–Crippen MR) is 61.5 cm³/mol. The van der Waals surface area contributed by atoms with E-state index < -0.39 is 0 Å². The second kappa shape index (κ2) is 6.65. The van der Waals surface area contributed by atoms with Crippen molar-refractivity contribution in [1.29, 1.82) is 0 Å². The van der Waals surface area contributed by atoms with E-state index in [1.165, 1.54) is 25.7 Å². The molecule has 0 saturated heterocycles. The maximum Gasteiger partial charge on any atom is 0.306 e. The topological polar surface area (TPSA) is 26.3 Å². The Hall–Kier alpha value is -0.790. The Morgan fingerprint density at radius 2 is 1.93 bits per heavy atom. The van der Waals surface area contributed by atoms with Gasteiger partial charge in [-0.1, -0.05) is 6.08 Å². The van der Waals surface area contributed by atoms with Gasteiger partial charge in [0, 0.05) is 6.42 Å². The van der Waals surface area contributed by atoms with Gasteiger partial charge in [0.25, 0.3) is 0 Å². The summed E-state index contributed by atoms with van der Waals surface area (Å²) in [7, 11) is 0. The molecule has 1 saturated carbocycles. The van der Waals surface area contributed by atoms with Crippen molar-refractivity contribution in [3.05, 3.63) is 12.7 Å². The van der Waals surface area contributed by atoms with Crippen molar-refractivity contribution in [3.8, 4) is 0 Å². The lowest BCUT2D eigenvalue weighted by molar-refractivity contribution is -0.144. The third-order valence-corrected chi connectivity index (χ3v) is 3.23. The zero-order valence-corrected chi connectivity index (χ0v) is 9.71. The minimum absolute atomic E-state index is 0.0235. The van der Waals surface area contributed by atoms with Gasteiger partial charge in [0.1, 0.15) is 0 Å². The molecule has 0 spiro atoms. The Balaban J connectivity index is 2.19. The molecule has 15 heavy (non-hydrogen) atoms. The van der Waals surface area contributed by atoms with Gasteiger partial charge in [0.2, 0.25) is 0 Å². The Kier molecular flexibility index (Phi) is 5.44. The van der Waals surface area contributed by atoms with Crippen molar-refractivity contribution in [1.82, 2.24) is 0 Å². The van der Waals surface area contributed by atoms with Gasteiger partial charge in [-0.2, -0.15) is 0 Å². The molecule has 2 heteroatoms. The van der Waals surface area contributed by atoms with Crippen LogP contribution >= 0.6 is 0 Å². The first kappa shape index (κ1) is 12.3. The van der Waals surface area contributed by atoms with Crippen LogP contribution in [0.5, 0.6) is 0 Å². The van der Waals surface area contributed by atoms with Crippen molar-refractivity contribution in [2.24, 2.45) is 11.8 Å². The number of ether oxygens (including phenoxy) is 1. The maximum absolute atomic E-state index is 11.3. The number of rotatable bonds is 5. The fraction of sp³-hybridized carbons (Fsp3) is 0.769. The van der Waals surface area contributed by atoms with Crippen molar-refractivity contribution < 1.29 is 9.53 Å². The lowest BCUT2D eigenvalue weighted by atomic mass is 9.79. The minimum Gasteiger partial charge on any atom is -0.466 e. The van der Waals surface area contributed by atoms with E-state index in [-0.39, 0.29) is 5.97 Å². The van der Waals surface area contributed by atoms with Gasteiger partial charge < -0.3 is 4.74 Å². The first-order valence-electron chi connectivity index (χ1n) is 6.02. The smallest absolute Gasteiger partial charge is 0.306 e. The van der Waals surface area contributed by atoms with E-state index in [9.17, 15) is 4.79 Å². The second-order valence-corrected chi connectivity index (χ2v) is 4.42. The standard InChI is InChI=1S/C13H22O2/c1-3-5-11-6-8-12(9-7-11)10-13(14)15-4-2/h3,11-12H,1,4-10H2,2H3. The summed E-state index contributed by atoms with van der Waals surface area (Å²) in [5, 5.41) is 0. The third kappa shape index (κ3) is 4.50. The van der Waals surface area contributed by atoms with E-state index in [0.717, 1.165) is 12.3 Å². The fourth-order valence-electron chi connectivity index (χ4n) is 2.36. The summed E-state index contributed by atoms with van der Waals surface area (Å²) in [6.07, 6.45) is 8.61. The minimum atomic E-state index is -0.0235. The number of carbonyl (C=O) groups is 1. The molecule has 86 valence electrons. The van der Waals surface area contributed by atoms with Crippen LogP contribution in [-0.4, -0.2) is 12.6 Å². The first-order valence-corrected chi connectivity index (χ1v) is 6.02. The molecule has 0 aromatic carbocycles. The van der Waals surface area contributed by atoms with Gasteiger partial charge in [0.05, 0.1) is 6.61 Å². The molecule has 0 aromatic rings. The molecular formula is C13H22O2. The molecule has 0 aromatic heterocycles. The quantitative estimate of drug-likeness (QED) is 0.514. The molecule has 0 bridgehead atoms. The second-order valence-electron chi connectivity index (χ2n) is 4.42. The summed E-state index contributed by atoms with van der Waals surface area (Å²) in [5.41, 5.74) is 0. The molecule has 0 atom stereocenters. The molecule has 1 rings (SSSR count). The Morgan fingerprint density at radius 3 is 2.47 bits per heavy atom. The van der Waals surface area contributed by atoms with E-state index in [0.29, 0.717) is 18.9 Å². The van der Waals surface area contributed by atoms with Crippen LogP contribution in [0.1, 0.15) is 45.4 Å². The van der Waals surface area contributed by atoms with Gasteiger partial charge in [-0.3, -0.25) is 4.79 Å². The summed E-state index contributed by atoms with van der Waals surface area (Å²) in [6.45, 7) is 6.14. The van der Waals surface area contributed by atoms with Crippen LogP contribution in [0, 0.1) is 11.8 Å². The average Bonchev–Trinajstić information content (AvgIpc) is 2.22. The highest BCUT2D eigenvalue weighted by Crippen LogP contribution is 2.32. The van der Waals surface area contributed by atoms with Crippen LogP contribution in [0.25, 0.3) is 0 Å². The van der Waals surface area contributed by atoms with Gasteiger partial charge >= 0.3 is 5.97 Å². The van der Waals surface area contributed by atoms with E-state index in [1.54, 1.807) is 0 Å². The van der Waals surface area contributed by atoms with E-state index in [4.69, 9.17) is 4.74 Å². The lowest BCUT2D eigenvalue weighted by Crippen LogP contribution is -2.18. The summed E-state index contributed by atoms with van der Waals surface area (Å²) in [5.74, 6) is 1.34. The van der Waals surface area contributed by atoms with Crippen LogP contribution < -0.4 is 0 Å². The molecule has 1 fully saturated rings. The van der Waals surface area contributed by atoms with Crippen molar-refractivity contribution in [3.63, 3.8) is 0 Å². The molecule has 1 aliphatic carbocycles. The van der Waals surface area contributed by atoms with Crippen molar-refractivity contribution >= 4 is 5.97 Å². The van der Waals surface area contributed by atoms with Gasteiger partial charge in [-0.15, -0.1) is 6.58 Å². The molecule has 0 radical (unpaired) electrons. The van der Waals surface area contributed by atoms with Gasteiger partial charge in [-0.25, -0.2) is 0 Å². The third-order valence-electron chi connectivity index (χ3n) is 3.23. The van der Waals surface area contributed by atoms with E-state index >= 15 is 0 Å². The summed E-state index contributed by atoms with van der Waals surface area (Å²) >= 11 is 0. The Morgan fingerprint density at radius 1 is 1.33 bits per heavy atom. The lowest BCUT2D eigenvalue weighted by Gasteiger charge is -2.27. The average molecular weight is 210 g/mol. The van der Waals surface area contributed by atoms with Crippen LogP contribution in [0.4, 0.5) is 0 Å². The SMILES string of the molecule is C=CCC1CCC(CC(=O)OCC)CC1. The molecule has 0 amide bonds. The van der Waals surface area contributed by atoms with Crippen LogP contribution in [0.2, 0.25) is 0 Å². The Labute approximate surface area is 92.7 Å². The molecule has 0 aliphatic heterocycles. The highest BCUT2D eigenvalue weighted by Gasteiger charge is 2.22. The van der Waals surface area contributed by atoms with E-state index in [1.807, 2.05) is 13.0 Å². The van der Waals surface area contributed by atoms with Gasteiger partial charge in [-0.05, 0) is 50.9 Å². The molecule has 0 unspecified atom stereocenters. The van der Waals surface area contributed by atoms with Crippen LogP contribution in [0.3, 0.4) is 0 Å². The predicted octanol–water partition coefficient (Wildman–Crippen LogP) is 3.32. The zero-order chi connectivity index (χ0) is 11.1. The summed E-state index contributed by atoms with van der Waals surface area (Å²) in [6, 6.07) is 0. The first-order chi connectivity index (χ1) is 7.26. The fourth-order valence-corrected chi connectivity index (χ4v) is 2.36. The highest BCUT2D eigenvalue weighted by molar-refractivity contribution is 5.69. The molecule has 0 heterocycles. The maximum atomic E-state index is 11.3.